The third-order valence-electron chi connectivity index (χ3n) is 4.88. The summed E-state index contributed by atoms with van der Waals surface area (Å²) in [6.45, 7) is 0.670. The number of amides is 1. The molecule has 0 atom stereocenters. The Morgan fingerprint density at radius 1 is 0.970 bits per heavy atom. The third-order valence-corrected chi connectivity index (χ3v) is 6.66. The molecule has 0 saturated carbocycles. The van der Waals surface area contributed by atoms with Gasteiger partial charge in [0, 0.05) is 19.3 Å². The molecule has 0 saturated heterocycles. The standard InChI is InChI=1S/C24H26FN3O4S/c1-27(15-16-32-23-14-7-6-13-22(23)25)18-24(29)26-19-9-8-12-21(17-19)33(30,31)28(2)20-10-4-3-5-11-20/h3-14,17H,15-16,18H2,1-2H3,(H,26,29). The highest BCUT2D eigenvalue weighted by Crippen LogP contribution is 2.23. The van der Waals surface area contributed by atoms with E-state index in [1.54, 1.807) is 60.5 Å². The highest BCUT2D eigenvalue weighted by atomic mass is 32.2. The largest absolute Gasteiger partial charge is 0.489 e. The second kappa shape index (κ2) is 10.9. The number of nitrogens with one attached hydrogen (secondary N) is 1. The zero-order valence-electron chi connectivity index (χ0n) is 18.4. The Kier molecular flexibility index (Phi) is 8.02. The SMILES string of the molecule is CN(CCOc1ccccc1F)CC(=O)Nc1cccc(S(=O)(=O)N(C)c2ccccc2)c1. The third kappa shape index (κ3) is 6.53. The number of nitrogens with zero attached hydrogens (tertiary/aromatic N) is 2. The summed E-state index contributed by atoms with van der Waals surface area (Å²) < 4.78 is 46.1. The zero-order chi connectivity index (χ0) is 23.8. The van der Waals surface area contributed by atoms with Crippen LogP contribution in [-0.2, 0) is 14.8 Å². The predicted molar refractivity (Wildman–Crippen MR) is 126 cm³/mol. The lowest BCUT2D eigenvalue weighted by Gasteiger charge is -2.20. The molecular formula is C24H26FN3O4S. The number of hydrogen-bond acceptors (Lipinski definition) is 5. The monoisotopic (exact) mass is 471 g/mol. The molecule has 0 aliphatic carbocycles. The van der Waals surface area contributed by atoms with Gasteiger partial charge in [0.2, 0.25) is 5.91 Å². The van der Waals surface area contributed by atoms with Gasteiger partial charge < -0.3 is 10.1 Å². The van der Waals surface area contributed by atoms with Crippen LogP contribution in [0.4, 0.5) is 15.8 Å². The van der Waals surface area contributed by atoms with Gasteiger partial charge >= 0.3 is 0 Å². The number of carbonyl (C=O) groups excluding carboxylic acids is 1. The van der Waals surface area contributed by atoms with Gasteiger partial charge in [0.1, 0.15) is 6.61 Å². The van der Waals surface area contributed by atoms with Gasteiger partial charge in [0.25, 0.3) is 10.0 Å². The van der Waals surface area contributed by atoms with E-state index in [0.29, 0.717) is 17.9 Å². The maximum Gasteiger partial charge on any atom is 0.264 e. The summed E-state index contributed by atoms with van der Waals surface area (Å²) >= 11 is 0. The van der Waals surface area contributed by atoms with Crippen LogP contribution in [0.1, 0.15) is 0 Å². The highest BCUT2D eigenvalue weighted by Gasteiger charge is 2.21. The molecule has 0 spiro atoms. The Hall–Kier alpha value is -3.43. The molecule has 3 aromatic carbocycles. The van der Waals surface area contributed by atoms with Crippen LogP contribution in [0.3, 0.4) is 0 Å². The molecule has 1 amide bonds. The van der Waals surface area contributed by atoms with Gasteiger partial charge in [-0.15, -0.1) is 0 Å². The lowest BCUT2D eigenvalue weighted by Crippen LogP contribution is -2.33. The van der Waals surface area contributed by atoms with Gasteiger partial charge in [-0.1, -0.05) is 36.4 Å². The van der Waals surface area contributed by atoms with E-state index in [1.807, 2.05) is 6.07 Å². The average molecular weight is 472 g/mol. The van der Waals surface area contributed by atoms with Crippen LogP contribution >= 0.6 is 0 Å². The van der Waals surface area contributed by atoms with E-state index in [2.05, 4.69) is 5.32 Å². The van der Waals surface area contributed by atoms with Gasteiger partial charge in [-0.05, 0) is 49.5 Å². The van der Waals surface area contributed by atoms with Gasteiger partial charge in [0.15, 0.2) is 11.6 Å². The van der Waals surface area contributed by atoms with Crippen molar-refractivity contribution in [2.45, 2.75) is 4.90 Å². The maximum absolute atomic E-state index is 13.6. The molecule has 0 aliphatic heterocycles. The first-order chi connectivity index (χ1) is 15.8. The molecule has 33 heavy (non-hydrogen) atoms. The summed E-state index contributed by atoms with van der Waals surface area (Å²) in [5, 5.41) is 2.72. The minimum atomic E-state index is -3.79. The summed E-state index contributed by atoms with van der Waals surface area (Å²) in [5.41, 5.74) is 0.907. The molecule has 0 unspecified atom stereocenters. The number of carbonyl (C=O) groups is 1. The molecule has 0 bridgehead atoms. The number of sulfonamides is 1. The number of halogens is 1. The zero-order valence-corrected chi connectivity index (χ0v) is 19.3. The quantitative estimate of drug-likeness (QED) is 0.489. The molecule has 0 radical (unpaired) electrons. The molecule has 9 heteroatoms. The molecule has 3 rings (SSSR count). The summed E-state index contributed by atoms with van der Waals surface area (Å²) in [7, 11) is -0.574. The fourth-order valence-corrected chi connectivity index (χ4v) is 4.31. The van der Waals surface area contributed by atoms with E-state index in [-0.39, 0.29) is 29.7 Å². The number of rotatable bonds is 10. The number of benzene rings is 3. The van der Waals surface area contributed by atoms with Gasteiger partial charge in [-0.25, -0.2) is 12.8 Å². The van der Waals surface area contributed by atoms with E-state index >= 15 is 0 Å². The minimum Gasteiger partial charge on any atom is -0.489 e. The van der Waals surface area contributed by atoms with Crippen LogP contribution < -0.4 is 14.4 Å². The van der Waals surface area contributed by atoms with Crippen LogP contribution in [0, 0.1) is 5.82 Å². The van der Waals surface area contributed by atoms with Gasteiger partial charge in [-0.2, -0.15) is 0 Å². The second-order valence-electron chi connectivity index (χ2n) is 7.40. The molecule has 174 valence electrons. The number of para-hydroxylation sites is 2. The predicted octanol–water partition coefficient (Wildman–Crippen LogP) is 3.60. The molecule has 0 aromatic heterocycles. The minimum absolute atomic E-state index is 0.0571. The van der Waals surface area contributed by atoms with Crippen molar-refractivity contribution in [2.75, 3.05) is 43.4 Å². The van der Waals surface area contributed by atoms with Crippen molar-refractivity contribution in [1.82, 2.24) is 4.90 Å². The molecule has 3 aromatic rings. The Labute approximate surface area is 193 Å². The van der Waals surface area contributed by atoms with Crippen molar-refractivity contribution in [2.24, 2.45) is 0 Å². The number of likely N-dealkylation sites (N-methyl/N-ethyl adjacent to an activating group) is 1. The van der Waals surface area contributed by atoms with Crippen LogP contribution in [-0.4, -0.2) is 53.0 Å². The topological polar surface area (TPSA) is 79.0 Å². The first-order valence-corrected chi connectivity index (χ1v) is 11.7. The molecule has 7 nitrogen and oxygen atoms in total. The Balaban J connectivity index is 1.56. The number of hydrogen-bond donors (Lipinski definition) is 1. The Morgan fingerprint density at radius 3 is 2.39 bits per heavy atom. The van der Waals surface area contributed by atoms with E-state index < -0.39 is 15.8 Å². The summed E-state index contributed by atoms with van der Waals surface area (Å²) in [5.74, 6) is -0.589. The molecule has 1 N–H and O–H groups in total. The number of ether oxygens (including phenoxy) is 1. The summed E-state index contributed by atoms with van der Waals surface area (Å²) in [6, 6.07) is 21.0. The lowest BCUT2D eigenvalue weighted by molar-refractivity contribution is -0.117. The first kappa shape index (κ1) is 24.2. The van der Waals surface area contributed by atoms with E-state index in [4.69, 9.17) is 4.74 Å². The van der Waals surface area contributed by atoms with Crippen molar-refractivity contribution < 1.29 is 22.3 Å². The Bertz CT molecular complexity index is 1190. The highest BCUT2D eigenvalue weighted by molar-refractivity contribution is 7.92. The number of anilines is 2. The van der Waals surface area contributed by atoms with E-state index in [1.165, 1.54) is 35.6 Å². The van der Waals surface area contributed by atoms with E-state index in [9.17, 15) is 17.6 Å². The first-order valence-electron chi connectivity index (χ1n) is 10.3. The normalized spacial score (nSPS) is 11.3. The van der Waals surface area contributed by atoms with Crippen LogP contribution in [0.15, 0.2) is 83.8 Å². The van der Waals surface area contributed by atoms with Crippen molar-refractivity contribution in [3.63, 3.8) is 0 Å². The molecule has 0 aliphatic rings. The fraction of sp³-hybridized carbons (Fsp3) is 0.208. The van der Waals surface area contributed by atoms with Crippen LogP contribution in [0.5, 0.6) is 5.75 Å². The molecule has 0 heterocycles. The second-order valence-corrected chi connectivity index (χ2v) is 9.37. The molecular weight excluding hydrogens is 445 g/mol. The van der Waals surface area contributed by atoms with Crippen molar-refractivity contribution in [1.29, 1.82) is 0 Å². The summed E-state index contributed by atoms with van der Waals surface area (Å²) in [4.78, 5) is 14.2. The van der Waals surface area contributed by atoms with Crippen LogP contribution in [0.25, 0.3) is 0 Å². The smallest absolute Gasteiger partial charge is 0.264 e. The van der Waals surface area contributed by atoms with E-state index in [0.717, 1.165) is 0 Å². The lowest BCUT2D eigenvalue weighted by atomic mass is 10.3. The van der Waals surface area contributed by atoms with Gasteiger partial charge in [0.05, 0.1) is 17.1 Å². The average Bonchev–Trinajstić information content (AvgIpc) is 2.80. The summed E-state index contributed by atoms with van der Waals surface area (Å²) in [6.07, 6.45) is 0. The van der Waals surface area contributed by atoms with Gasteiger partial charge in [-0.3, -0.25) is 14.0 Å². The Morgan fingerprint density at radius 2 is 1.67 bits per heavy atom. The van der Waals surface area contributed by atoms with Crippen LogP contribution in [0.2, 0.25) is 0 Å². The van der Waals surface area contributed by atoms with Crippen molar-refractivity contribution in [3.8, 4) is 5.75 Å². The van der Waals surface area contributed by atoms with Crippen molar-refractivity contribution in [3.05, 3.63) is 84.7 Å². The van der Waals surface area contributed by atoms with Crippen molar-refractivity contribution >= 4 is 27.3 Å². The fourth-order valence-electron chi connectivity index (χ4n) is 3.07. The molecule has 0 fully saturated rings. The maximum atomic E-state index is 13.6.